The first-order chi connectivity index (χ1) is 9.33. The Morgan fingerprint density at radius 2 is 2.16 bits per heavy atom. The largest absolute Gasteiger partial charge is 0.370 e. The maximum absolute atomic E-state index is 11.9. The molecule has 0 saturated carbocycles. The molecular formula is C13H13N3O2S. The average molecular weight is 275 g/mol. The summed E-state index contributed by atoms with van der Waals surface area (Å²) in [5.74, 6) is -0.0617. The van der Waals surface area contributed by atoms with Gasteiger partial charge in [0.15, 0.2) is 5.69 Å². The molecule has 19 heavy (non-hydrogen) atoms. The van der Waals surface area contributed by atoms with Gasteiger partial charge in [0, 0.05) is 18.5 Å². The Labute approximate surface area is 115 Å². The Morgan fingerprint density at radius 3 is 2.84 bits per heavy atom. The van der Waals surface area contributed by atoms with Gasteiger partial charge in [-0.15, -0.1) is 5.10 Å². The molecule has 1 aliphatic rings. The van der Waals surface area contributed by atoms with Crippen molar-refractivity contribution in [2.75, 3.05) is 13.1 Å². The number of likely N-dealkylation sites (tertiary alicyclic amines) is 1. The lowest BCUT2D eigenvalue weighted by Crippen LogP contribution is -2.54. The first kappa shape index (κ1) is 12.3. The van der Waals surface area contributed by atoms with Gasteiger partial charge in [-0.1, -0.05) is 34.8 Å². The molecule has 2 aromatic rings. The fraction of sp³-hybridized carbons (Fsp3) is 0.308. The standard InChI is InChI=1S/C13H13N3O2S/c17-13(12-9-19-15-14-12)16-6-11(7-16)18-8-10-4-2-1-3-5-10/h1-5,9,11H,6-8H2. The summed E-state index contributed by atoms with van der Waals surface area (Å²) in [5.41, 5.74) is 1.57. The fourth-order valence-corrected chi connectivity index (χ4v) is 2.35. The highest BCUT2D eigenvalue weighted by molar-refractivity contribution is 7.03. The average Bonchev–Trinajstić information content (AvgIpc) is 2.91. The number of hydrogen-bond acceptors (Lipinski definition) is 5. The smallest absolute Gasteiger partial charge is 0.275 e. The minimum atomic E-state index is -0.0617. The van der Waals surface area contributed by atoms with Crippen molar-refractivity contribution >= 4 is 17.4 Å². The van der Waals surface area contributed by atoms with Crippen molar-refractivity contribution in [1.82, 2.24) is 14.5 Å². The SMILES string of the molecule is O=C(c1csnn1)N1CC(OCc2ccccc2)C1. The number of aromatic nitrogens is 2. The number of benzene rings is 1. The van der Waals surface area contributed by atoms with Crippen LogP contribution in [0.3, 0.4) is 0 Å². The van der Waals surface area contributed by atoms with E-state index in [4.69, 9.17) is 4.74 Å². The van der Waals surface area contributed by atoms with Gasteiger partial charge < -0.3 is 9.64 Å². The van der Waals surface area contributed by atoms with Gasteiger partial charge in [-0.05, 0) is 17.1 Å². The van der Waals surface area contributed by atoms with Crippen molar-refractivity contribution in [1.29, 1.82) is 0 Å². The van der Waals surface area contributed by atoms with Crippen LogP contribution < -0.4 is 0 Å². The van der Waals surface area contributed by atoms with Gasteiger partial charge in [0.25, 0.3) is 5.91 Å². The normalized spacial score (nSPS) is 15.3. The molecule has 1 fully saturated rings. The Kier molecular flexibility index (Phi) is 3.52. The summed E-state index contributed by atoms with van der Waals surface area (Å²) in [6, 6.07) is 10.0. The summed E-state index contributed by atoms with van der Waals surface area (Å²) in [7, 11) is 0. The maximum atomic E-state index is 11.9. The molecule has 1 aromatic carbocycles. The van der Waals surface area contributed by atoms with Crippen LogP contribution in [0.1, 0.15) is 16.1 Å². The van der Waals surface area contributed by atoms with Crippen LogP contribution in [0.25, 0.3) is 0 Å². The zero-order valence-electron chi connectivity index (χ0n) is 10.2. The maximum Gasteiger partial charge on any atom is 0.275 e. The van der Waals surface area contributed by atoms with Crippen molar-refractivity contribution in [3.05, 3.63) is 47.0 Å². The number of ether oxygens (including phenoxy) is 1. The molecule has 0 aliphatic carbocycles. The highest BCUT2D eigenvalue weighted by Crippen LogP contribution is 2.16. The van der Waals surface area contributed by atoms with Crippen LogP contribution in [0, 0.1) is 0 Å². The zero-order valence-corrected chi connectivity index (χ0v) is 11.0. The fourth-order valence-electron chi connectivity index (χ4n) is 1.92. The third-order valence-electron chi connectivity index (χ3n) is 3.04. The van der Waals surface area contributed by atoms with Gasteiger partial charge >= 0.3 is 0 Å². The Hall–Kier alpha value is -1.79. The van der Waals surface area contributed by atoms with Crippen molar-refractivity contribution in [2.24, 2.45) is 0 Å². The quantitative estimate of drug-likeness (QED) is 0.850. The van der Waals surface area contributed by atoms with E-state index < -0.39 is 0 Å². The summed E-state index contributed by atoms with van der Waals surface area (Å²) in [6.45, 7) is 1.85. The van der Waals surface area contributed by atoms with Crippen molar-refractivity contribution < 1.29 is 9.53 Å². The number of hydrogen-bond donors (Lipinski definition) is 0. The first-order valence-corrected chi connectivity index (χ1v) is 6.88. The van der Waals surface area contributed by atoms with Gasteiger partial charge in [0.1, 0.15) is 0 Å². The second kappa shape index (κ2) is 5.46. The van der Waals surface area contributed by atoms with Gasteiger partial charge in [-0.25, -0.2) is 0 Å². The van der Waals surface area contributed by atoms with Gasteiger partial charge in [0.2, 0.25) is 0 Å². The Balaban J connectivity index is 1.45. The first-order valence-electron chi connectivity index (χ1n) is 6.05. The van der Waals surface area contributed by atoms with Crippen LogP contribution in [0.4, 0.5) is 0 Å². The van der Waals surface area contributed by atoms with Crippen molar-refractivity contribution in [2.45, 2.75) is 12.7 Å². The number of rotatable bonds is 4. The number of nitrogens with zero attached hydrogens (tertiary/aromatic N) is 3. The minimum Gasteiger partial charge on any atom is -0.370 e. The molecule has 6 heteroatoms. The molecule has 1 aliphatic heterocycles. The van der Waals surface area contributed by atoms with Crippen molar-refractivity contribution in [3.8, 4) is 0 Å². The van der Waals surface area contributed by atoms with Crippen LogP contribution in [-0.2, 0) is 11.3 Å². The molecule has 1 aromatic heterocycles. The van der Waals surface area contributed by atoms with E-state index in [1.165, 1.54) is 11.5 Å². The van der Waals surface area contributed by atoms with Crippen LogP contribution in [0.5, 0.6) is 0 Å². The van der Waals surface area contributed by atoms with Crippen LogP contribution in [0.2, 0.25) is 0 Å². The van der Waals surface area contributed by atoms with Gasteiger partial charge in [0.05, 0.1) is 12.7 Å². The Bertz CT molecular complexity index is 538. The van der Waals surface area contributed by atoms with Gasteiger partial charge in [-0.3, -0.25) is 4.79 Å². The van der Waals surface area contributed by atoms with Crippen LogP contribution in [0.15, 0.2) is 35.7 Å². The lowest BCUT2D eigenvalue weighted by Gasteiger charge is -2.38. The second-order valence-corrected chi connectivity index (χ2v) is 5.03. The van der Waals surface area contributed by atoms with E-state index in [1.807, 2.05) is 30.3 Å². The highest BCUT2D eigenvalue weighted by Gasteiger charge is 2.32. The van der Waals surface area contributed by atoms with E-state index in [2.05, 4.69) is 9.59 Å². The van der Waals surface area contributed by atoms with Gasteiger partial charge in [-0.2, -0.15) is 0 Å². The number of amides is 1. The summed E-state index contributed by atoms with van der Waals surface area (Å²) in [6.07, 6.45) is 0.121. The van der Waals surface area contributed by atoms with E-state index in [9.17, 15) is 4.79 Å². The summed E-state index contributed by atoms with van der Waals surface area (Å²) < 4.78 is 9.43. The monoisotopic (exact) mass is 275 g/mol. The molecule has 0 atom stereocenters. The van der Waals surface area contributed by atoms with E-state index in [0.717, 1.165) is 5.56 Å². The molecule has 0 N–H and O–H groups in total. The zero-order chi connectivity index (χ0) is 13.1. The lowest BCUT2D eigenvalue weighted by atomic mass is 10.1. The van der Waals surface area contributed by atoms with Crippen LogP contribution >= 0.6 is 11.5 Å². The Morgan fingerprint density at radius 1 is 1.37 bits per heavy atom. The highest BCUT2D eigenvalue weighted by atomic mass is 32.1. The molecule has 5 nitrogen and oxygen atoms in total. The molecule has 0 spiro atoms. The van der Waals surface area contributed by atoms with E-state index in [1.54, 1.807) is 10.3 Å². The predicted octanol–water partition coefficient (Wildman–Crippen LogP) is 1.58. The molecule has 3 rings (SSSR count). The molecule has 0 bridgehead atoms. The molecular weight excluding hydrogens is 262 g/mol. The summed E-state index contributed by atoms with van der Waals surface area (Å²) in [4.78, 5) is 13.6. The van der Waals surface area contributed by atoms with E-state index in [0.29, 0.717) is 25.4 Å². The molecule has 98 valence electrons. The molecule has 1 amide bonds. The minimum absolute atomic E-state index is 0.0617. The summed E-state index contributed by atoms with van der Waals surface area (Å²) >= 11 is 1.19. The number of carbonyl (C=O) groups excluding carboxylic acids is 1. The summed E-state index contributed by atoms with van der Waals surface area (Å²) in [5, 5.41) is 5.44. The van der Waals surface area contributed by atoms with Crippen LogP contribution in [-0.4, -0.2) is 39.6 Å². The van der Waals surface area contributed by atoms with E-state index in [-0.39, 0.29) is 12.0 Å². The molecule has 0 radical (unpaired) electrons. The third kappa shape index (κ3) is 2.80. The van der Waals surface area contributed by atoms with Crippen molar-refractivity contribution in [3.63, 3.8) is 0 Å². The topological polar surface area (TPSA) is 55.3 Å². The lowest BCUT2D eigenvalue weighted by molar-refractivity contribution is -0.0504. The third-order valence-corrected chi connectivity index (χ3v) is 3.55. The molecule has 1 saturated heterocycles. The predicted molar refractivity (Wildman–Crippen MR) is 70.8 cm³/mol. The van der Waals surface area contributed by atoms with E-state index >= 15 is 0 Å². The number of carbonyl (C=O) groups is 1. The second-order valence-electron chi connectivity index (χ2n) is 4.42. The molecule has 0 unspecified atom stereocenters. The molecule has 2 heterocycles.